The summed E-state index contributed by atoms with van der Waals surface area (Å²) >= 11 is 6.47. The van der Waals surface area contributed by atoms with Crippen molar-refractivity contribution >= 4 is 31.9 Å². The zero-order chi connectivity index (χ0) is 12.4. The van der Waals surface area contributed by atoms with Crippen LogP contribution in [-0.2, 0) is 0 Å². The Morgan fingerprint density at radius 3 is 2.65 bits per heavy atom. The van der Waals surface area contributed by atoms with Crippen molar-refractivity contribution in [2.24, 2.45) is 0 Å². The molecule has 1 N–H and O–H groups in total. The Balaban J connectivity index is 2.39. The number of aliphatic hydroxyl groups is 1. The fourth-order valence-electron chi connectivity index (χ4n) is 1.31. The smallest absolute Gasteiger partial charge is 0.238 e. The first-order valence-corrected chi connectivity index (χ1v) is 6.19. The standard InChI is InChI=1S/C10H8Br2N2O3/c1-16-10-7(13-2-3-14-10)8(15)6-4-5(11)9(12)17-6/h2-4,8,15H,1H3. The van der Waals surface area contributed by atoms with Gasteiger partial charge in [-0.2, -0.15) is 0 Å². The van der Waals surface area contributed by atoms with Crippen LogP contribution in [0.25, 0.3) is 0 Å². The lowest BCUT2D eigenvalue weighted by atomic mass is 10.2. The number of nitrogens with zero attached hydrogens (tertiary/aromatic N) is 2. The van der Waals surface area contributed by atoms with Gasteiger partial charge in [0.2, 0.25) is 5.88 Å². The lowest BCUT2D eigenvalue weighted by Crippen LogP contribution is -2.05. The Hall–Kier alpha value is -0.920. The topological polar surface area (TPSA) is 68.4 Å². The van der Waals surface area contributed by atoms with Crippen LogP contribution in [0.5, 0.6) is 5.88 Å². The van der Waals surface area contributed by atoms with E-state index in [1.807, 2.05) is 0 Å². The van der Waals surface area contributed by atoms with E-state index in [1.54, 1.807) is 6.07 Å². The molecule has 0 radical (unpaired) electrons. The molecule has 1 atom stereocenters. The second kappa shape index (κ2) is 5.16. The molecular formula is C10H8Br2N2O3. The lowest BCUT2D eigenvalue weighted by molar-refractivity contribution is 0.177. The SMILES string of the molecule is COc1nccnc1C(O)c1cc(Br)c(Br)o1. The van der Waals surface area contributed by atoms with Gasteiger partial charge in [-0.15, -0.1) is 0 Å². The van der Waals surface area contributed by atoms with Crippen LogP contribution in [-0.4, -0.2) is 22.2 Å². The Kier molecular flexibility index (Phi) is 3.80. The van der Waals surface area contributed by atoms with Crippen molar-refractivity contribution in [2.75, 3.05) is 7.11 Å². The highest BCUT2D eigenvalue weighted by atomic mass is 79.9. The molecule has 0 aliphatic carbocycles. The number of aliphatic hydroxyl groups excluding tert-OH is 1. The van der Waals surface area contributed by atoms with Crippen LogP contribution in [0.1, 0.15) is 17.6 Å². The molecule has 5 nitrogen and oxygen atoms in total. The van der Waals surface area contributed by atoms with Gasteiger partial charge in [0.15, 0.2) is 10.8 Å². The molecular weight excluding hydrogens is 356 g/mol. The normalized spacial score (nSPS) is 12.5. The number of halogens is 2. The van der Waals surface area contributed by atoms with Crippen molar-refractivity contribution in [3.05, 3.63) is 39.1 Å². The summed E-state index contributed by atoms with van der Waals surface area (Å²) in [6.45, 7) is 0. The van der Waals surface area contributed by atoms with Crippen LogP contribution >= 0.6 is 31.9 Å². The van der Waals surface area contributed by atoms with Crippen molar-refractivity contribution in [3.63, 3.8) is 0 Å². The number of aromatic nitrogens is 2. The summed E-state index contributed by atoms with van der Waals surface area (Å²) in [5.41, 5.74) is 0.309. The number of furan rings is 1. The van der Waals surface area contributed by atoms with E-state index < -0.39 is 6.10 Å². The summed E-state index contributed by atoms with van der Waals surface area (Å²) in [4.78, 5) is 8.00. The molecule has 17 heavy (non-hydrogen) atoms. The van der Waals surface area contributed by atoms with E-state index in [1.165, 1.54) is 19.5 Å². The van der Waals surface area contributed by atoms with Gasteiger partial charge >= 0.3 is 0 Å². The minimum atomic E-state index is -1.03. The van der Waals surface area contributed by atoms with E-state index in [9.17, 15) is 5.11 Å². The van der Waals surface area contributed by atoms with E-state index in [0.717, 1.165) is 4.47 Å². The van der Waals surface area contributed by atoms with Gasteiger partial charge in [0.05, 0.1) is 11.6 Å². The predicted octanol–water partition coefficient (Wildman–Crippen LogP) is 2.68. The van der Waals surface area contributed by atoms with Gasteiger partial charge in [-0.05, 0) is 37.9 Å². The Morgan fingerprint density at radius 1 is 1.35 bits per heavy atom. The van der Waals surface area contributed by atoms with Crippen LogP contribution in [0.4, 0.5) is 0 Å². The summed E-state index contributed by atoms with van der Waals surface area (Å²) in [5.74, 6) is 0.617. The largest absolute Gasteiger partial charge is 0.480 e. The summed E-state index contributed by atoms with van der Waals surface area (Å²) in [7, 11) is 1.47. The summed E-state index contributed by atoms with van der Waals surface area (Å²) < 4.78 is 11.6. The fourth-order valence-corrected chi connectivity index (χ4v) is 1.92. The Labute approximate surface area is 114 Å². The van der Waals surface area contributed by atoms with Crippen LogP contribution < -0.4 is 4.74 Å². The molecule has 0 spiro atoms. The van der Waals surface area contributed by atoms with Crippen LogP contribution in [0.2, 0.25) is 0 Å². The number of hydrogen-bond donors (Lipinski definition) is 1. The minimum Gasteiger partial charge on any atom is -0.480 e. The highest BCUT2D eigenvalue weighted by Gasteiger charge is 2.22. The first-order valence-electron chi connectivity index (χ1n) is 4.61. The van der Waals surface area contributed by atoms with E-state index in [-0.39, 0.29) is 5.88 Å². The van der Waals surface area contributed by atoms with Crippen LogP contribution in [0.15, 0.2) is 32.0 Å². The zero-order valence-corrected chi connectivity index (χ0v) is 11.9. The Bertz CT molecular complexity index is 511. The highest BCUT2D eigenvalue weighted by Crippen LogP contribution is 2.33. The van der Waals surface area contributed by atoms with Gasteiger partial charge in [-0.1, -0.05) is 0 Å². The van der Waals surface area contributed by atoms with Gasteiger partial charge in [0.1, 0.15) is 11.5 Å². The molecule has 90 valence electrons. The second-order valence-corrected chi connectivity index (χ2v) is 4.70. The maximum atomic E-state index is 10.1. The number of methoxy groups -OCH3 is 1. The lowest BCUT2D eigenvalue weighted by Gasteiger charge is -2.09. The quantitative estimate of drug-likeness (QED) is 0.907. The molecule has 0 saturated heterocycles. The molecule has 2 aromatic heterocycles. The molecule has 2 heterocycles. The number of ether oxygens (including phenoxy) is 1. The summed E-state index contributed by atoms with van der Waals surface area (Å²) in [5, 5.41) is 10.1. The van der Waals surface area contributed by atoms with Crippen molar-refractivity contribution < 1.29 is 14.3 Å². The van der Waals surface area contributed by atoms with Gasteiger partial charge in [-0.3, -0.25) is 4.98 Å². The molecule has 0 aliphatic heterocycles. The molecule has 0 amide bonds. The highest BCUT2D eigenvalue weighted by molar-refractivity contribution is 9.13. The molecule has 0 saturated carbocycles. The van der Waals surface area contributed by atoms with E-state index in [4.69, 9.17) is 9.15 Å². The fraction of sp³-hybridized carbons (Fsp3) is 0.200. The maximum Gasteiger partial charge on any atom is 0.238 e. The van der Waals surface area contributed by atoms with E-state index in [2.05, 4.69) is 41.8 Å². The van der Waals surface area contributed by atoms with Gasteiger partial charge in [0, 0.05) is 12.4 Å². The molecule has 0 fully saturated rings. The van der Waals surface area contributed by atoms with E-state index >= 15 is 0 Å². The van der Waals surface area contributed by atoms with Crippen molar-refractivity contribution in [3.8, 4) is 5.88 Å². The number of hydrogen-bond acceptors (Lipinski definition) is 5. The van der Waals surface area contributed by atoms with Crippen LogP contribution in [0.3, 0.4) is 0 Å². The van der Waals surface area contributed by atoms with Crippen molar-refractivity contribution in [2.45, 2.75) is 6.10 Å². The summed E-state index contributed by atoms with van der Waals surface area (Å²) in [6.07, 6.45) is 1.94. The summed E-state index contributed by atoms with van der Waals surface area (Å²) in [6, 6.07) is 1.66. The molecule has 2 rings (SSSR count). The van der Waals surface area contributed by atoms with Gasteiger partial charge < -0.3 is 14.3 Å². The Morgan fingerprint density at radius 2 is 2.06 bits per heavy atom. The zero-order valence-electron chi connectivity index (χ0n) is 8.72. The van der Waals surface area contributed by atoms with E-state index in [0.29, 0.717) is 16.1 Å². The first-order chi connectivity index (χ1) is 8.13. The molecule has 0 aromatic carbocycles. The molecule has 2 aromatic rings. The third kappa shape index (κ3) is 2.51. The first kappa shape index (κ1) is 12.5. The van der Waals surface area contributed by atoms with Gasteiger partial charge in [0.25, 0.3) is 0 Å². The molecule has 7 heteroatoms. The monoisotopic (exact) mass is 362 g/mol. The van der Waals surface area contributed by atoms with Crippen molar-refractivity contribution in [1.29, 1.82) is 0 Å². The number of rotatable bonds is 3. The molecule has 1 unspecified atom stereocenters. The second-order valence-electron chi connectivity index (χ2n) is 3.12. The average molecular weight is 364 g/mol. The molecule has 0 bridgehead atoms. The average Bonchev–Trinajstić information content (AvgIpc) is 2.68. The van der Waals surface area contributed by atoms with Crippen LogP contribution in [0, 0.1) is 0 Å². The molecule has 0 aliphatic rings. The minimum absolute atomic E-state index is 0.267. The predicted molar refractivity (Wildman–Crippen MR) is 66.8 cm³/mol. The third-order valence-electron chi connectivity index (χ3n) is 2.08. The van der Waals surface area contributed by atoms with Crippen molar-refractivity contribution in [1.82, 2.24) is 9.97 Å². The van der Waals surface area contributed by atoms with Gasteiger partial charge in [-0.25, -0.2) is 4.98 Å². The maximum absolute atomic E-state index is 10.1. The third-order valence-corrected chi connectivity index (χ3v) is 3.79.